The monoisotopic (exact) mass is 221 g/mol. The van der Waals surface area contributed by atoms with E-state index in [9.17, 15) is 30.3 Å². The topological polar surface area (TPSA) is 145 Å². The van der Waals surface area contributed by atoms with Gasteiger partial charge in [0.1, 0.15) is 0 Å². The maximum Gasteiger partial charge on any atom is 0.488 e. The first-order valence-corrected chi connectivity index (χ1v) is 3.86. The number of rotatable bonds is 4. The molecule has 1 saturated heterocycles. The van der Waals surface area contributed by atoms with Crippen molar-refractivity contribution in [2.45, 2.75) is 12.3 Å². The summed E-state index contributed by atoms with van der Waals surface area (Å²) in [6.07, 6.45) is -3.75. The van der Waals surface area contributed by atoms with E-state index in [0.29, 0.717) is 5.01 Å². The molecule has 1 aliphatic rings. The van der Waals surface area contributed by atoms with Crippen LogP contribution in [0.5, 0.6) is 0 Å². The van der Waals surface area contributed by atoms with E-state index in [0.717, 1.165) is 0 Å². The molecule has 15 heavy (non-hydrogen) atoms. The third-order valence-electron chi connectivity index (χ3n) is 1.94. The van der Waals surface area contributed by atoms with Crippen molar-refractivity contribution in [3.05, 3.63) is 30.3 Å². The minimum Gasteiger partial charge on any atom is -0.278 e. The van der Waals surface area contributed by atoms with Gasteiger partial charge in [0.05, 0.1) is 16.4 Å². The van der Waals surface area contributed by atoms with Gasteiger partial charge < -0.3 is 0 Å². The summed E-state index contributed by atoms with van der Waals surface area (Å²) >= 11 is 0. The highest BCUT2D eigenvalue weighted by atomic mass is 16.7. The van der Waals surface area contributed by atoms with Gasteiger partial charge in [0.2, 0.25) is 0 Å². The lowest BCUT2D eigenvalue weighted by molar-refractivity contribution is -0.770. The summed E-state index contributed by atoms with van der Waals surface area (Å²) in [6, 6.07) is 0. The molecule has 1 aliphatic heterocycles. The number of hydrogen-bond acceptors (Lipinski definition) is 7. The minimum absolute atomic E-state index is 0.101. The first-order chi connectivity index (χ1) is 6.95. The molecule has 1 rings (SSSR count). The zero-order valence-electron chi connectivity index (χ0n) is 7.31. The Balaban J connectivity index is 2.88. The van der Waals surface area contributed by atoms with Crippen molar-refractivity contribution in [2.24, 2.45) is 0 Å². The largest absolute Gasteiger partial charge is 0.488 e. The van der Waals surface area contributed by atoms with Crippen LogP contribution in [0.15, 0.2) is 0 Å². The normalized spacial score (nSPS) is 20.6. The lowest BCUT2D eigenvalue weighted by atomic mass is 10.4. The van der Waals surface area contributed by atoms with Gasteiger partial charge in [0.25, 0.3) is 6.17 Å². The van der Waals surface area contributed by atoms with Crippen molar-refractivity contribution >= 4 is 0 Å². The van der Waals surface area contributed by atoms with Gasteiger partial charge in [-0.3, -0.25) is 25.5 Å². The maximum atomic E-state index is 10.4. The number of nitro groups is 3. The van der Waals surface area contributed by atoms with Crippen LogP contribution < -0.4 is 5.32 Å². The van der Waals surface area contributed by atoms with Crippen molar-refractivity contribution in [3.8, 4) is 0 Å². The molecule has 1 atom stereocenters. The Kier molecular flexibility index (Phi) is 2.94. The molecular formula is C4H7N5O6. The molecule has 0 aromatic carbocycles. The molecule has 0 bridgehead atoms. The fourth-order valence-corrected chi connectivity index (χ4v) is 1.32. The first kappa shape index (κ1) is 11.0. The Morgan fingerprint density at radius 3 is 2.13 bits per heavy atom. The Morgan fingerprint density at radius 2 is 1.73 bits per heavy atom. The van der Waals surface area contributed by atoms with E-state index in [2.05, 4.69) is 5.32 Å². The Hall–Kier alpha value is -2.04. The summed E-state index contributed by atoms with van der Waals surface area (Å²) in [5.41, 5.74) is 0. The van der Waals surface area contributed by atoms with Crippen LogP contribution in [0.4, 0.5) is 0 Å². The molecule has 0 radical (unpaired) electrons. The van der Waals surface area contributed by atoms with Gasteiger partial charge in [-0.1, -0.05) is 5.01 Å². The molecule has 0 saturated carbocycles. The second kappa shape index (κ2) is 4.00. The van der Waals surface area contributed by atoms with E-state index in [1.165, 1.54) is 0 Å². The summed E-state index contributed by atoms with van der Waals surface area (Å²) in [7, 11) is 0. The SMILES string of the molecule is O=[N+]([O-])C(C1NCCN1[N+](=O)[O-])[N+](=O)[O-]. The van der Waals surface area contributed by atoms with Crippen molar-refractivity contribution in [1.29, 1.82) is 0 Å². The van der Waals surface area contributed by atoms with Crippen molar-refractivity contribution in [2.75, 3.05) is 13.1 Å². The third kappa shape index (κ3) is 2.07. The molecule has 0 aromatic rings. The molecular weight excluding hydrogens is 214 g/mol. The van der Waals surface area contributed by atoms with Crippen LogP contribution in [-0.4, -0.2) is 45.3 Å². The van der Waals surface area contributed by atoms with Gasteiger partial charge in [-0.05, 0) is 0 Å². The van der Waals surface area contributed by atoms with E-state index in [1.54, 1.807) is 0 Å². The molecule has 1 unspecified atom stereocenters. The highest BCUT2D eigenvalue weighted by molar-refractivity contribution is 4.74. The van der Waals surface area contributed by atoms with E-state index in [-0.39, 0.29) is 13.1 Å². The highest BCUT2D eigenvalue weighted by Gasteiger charge is 2.52. The predicted octanol–water partition coefficient (Wildman–Crippen LogP) is -1.71. The molecule has 0 aliphatic carbocycles. The molecule has 0 amide bonds. The molecule has 0 spiro atoms. The van der Waals surface area contributed by atoms with Gasteiger partial charge >= 0.3 is 6.17 Å². The van der Waals surface area contributed by atoms with Gasteiger partial charge in [-0.2, -0.15) is 0 Å². The number of hydrogen-bond donors (Lipinski definition) is 1. The van der Waals surface area contributed by atoms with E-state index < -0.39 is 27.2 Å². The van der Waals surface area contributed by atoms with Gasteiger partial charge in [-0.15, -0.1) is 0 Å². The summed E-state index contributed by atoms with van der Waals surface area (Å²) in [6.45, 7) is -0.000324. The number of nitrogens with one attached hydrogen (secondary N) is 1. The lowest BCUT2D eigenvalue weighted by Crippen LogP contribution is -2.54. The van der Waals surface area contributed by atoms with Gasteiger partial charge in [-0.25, -0.2) is 10.1 Å². The van der Waals surface area contributed by atoms with Crippen LogP contribution >= 0.6 is 0 Å². The average Bonchev–Trinajstić information content (AvgIpc) is 2.51. The molecule has 1 N–H and O–H groups in total. The Bertz CT molecular complexity index is 292. The fourth-order valence-electron chi connectivity index (χ4n) is 1.32. The lowest BCUT2D eigenvalue weighted by Gasteiger charge is -2.14. The smallest absolute Gasteiger partial charge is 0.278 e. The van der Waals surface area contributed by atoms with Crippen LogP contribution in [0.2, 0.25) is 0 Å². The van der Waals surface area contributed by atoms with Crippen LogP contribution in [0.1, 0.15) is 0 Å². The second-order valence-corrected chi connectivity index (χ2v) is 2.78. The number of hydrazine groups is 1. The van der Waals surface area contributed by atoms with Crippen LogP contribution in [0.3, 0.4) is 0 Å². The molecule has 11 nitrogen and oxygen atoms in total. The molecule has 1 fully saturated rings. The first-order valence-electron chi connectivity index (χ1n) is 3.86. The maximum absolute atomic E-state index is 10.4. The van der Waals surface area contributed by atoms with Gasteiger partial charge in [0.15, 0.2) is 5.03 Å². The predicted molar refractivity (Wildman–Crippen MR) is 43.3 cm³/mol. The molecule has 0 aromatic heterocycles. The van der Waals surface area contributed by atoms with Gasteiger partial charge in [0, 0.05) is 6.54 Å². The van der Waals surface area contributed by atoms with Crippen molar-refractivity contribution in [3.63, 3.8) is 0 Å². The van der Waals surface area contributed by atoms with E-state index in [1.807, 2.05) is 0 Å². The standard InChI is InChI=1S/C4H7N5O6/c10-7(11)4(8(12)13)3-5-1-2-6(3)9(14)15/h3-5H,1-2H2. The van der Waals surface area contributed by atoms with Crippen LogP contribution in [0.25, 0.3) is 0 Å². The zero-order chi connectivity index (χ0) is 11.6. The van der Waals surface area contributed by atoms with E-state index >= 15 is 0 Å². The minimum atomic E-state index is -2.24. The Labute approximate surface area is 82.1 Å². The third-order valence-corrected chi connectivity index (χ3v) is 1.94. The summed E-state index contributed by atoms with van der Waals surface area (Å²) in [4.78, 5) is 28.8. The molecule has 11 heteroatoms. The summed E-state index contributed by atoms with van der Waals surface area (Å²) in [5.74, 6) is 0. The molecule has 1 heterocycles. The van der Waals surface area contributed by atoms with Crippen LogP contribution in [-0.2, 0) is 0 Å². The van der Waals surface area contributed by atoms with Crippen LogP contribution in [0, 0.1) is 30.3 Å². The van der Waals surface area contributed by atoms with E-state index in [4.69, 9.17) is 0 Å². The summed E-state index contributed by atoms with van der Waals surface area (Å²) < 4.78 is 0. The van der Waals surface area contributed by atoms with Crippen molar-refractivity contribution < 1.29 is 14.9 Å². The second-order valence-electron chi connectivity index (χ2n) is 2.78. The summed E-state index contributed by atoms with van der Waals surface area (Å²) in [5, 5.41) is 33.1. The zero-order valence-corrected chi connectivity index (χ0v) is 7.31. The quantitative estimate of drug-likeness (QED) is 0.335. The average molecular weight is 221 g/mol. The highest BCUT2D eigenvalue weighted by Crippen LogP contribution is 2.10. The van der Waals surface area contributed by atoms with Crippen molar-refractivity contribution in [1.82, 2.24) is 10.3 Å². The Morgan fingerprint density at radius 1 is 1.20 bits per heavy atom. The molecule has 84 valence electrons. The fraction of sp³-hybridized carbons (Fsp3) is 1.00. The number of nitrogens with zero attached hydrogens (tertiary/aromatic N) is 4.